The van der Waals surface area contributed by atoms with Crippen molar-refractivity contribution in [3.63, 3.8) is 0 Å². The van der Waals surface area contributed by atoms with Crippen molar-refractivity contribution in [1.29, 1.82) is 0 Å². The molecule has 8 nitrogen and oxygen atoms in total. The highest BCUT2D eigenvalue weighted by molar-refractivity contribution is 6.31. The number of fused-ring (bicyclic) bond motifs is 1. The molecule has 9 heteroatoms. The summed E-state index contributed by atoms with van der Waals surface area (Å²) in [7, 11) is 1.50. The van der Waals surface area contributed by atoms with Gasteiger partial charge in [-0.1, -0.05) is 17.7 Å². The number of allylic oxidation sites excluding steroid dienone is 1. The van der Waals surface area contributed by atoms with Crippen LogP contribution in [-0.4, -0.2) is 33.9 Å². The lowest BCUT2D eigenvalue weighted by Gasteiger charge is -2.14. The lowest BCUT2D eigenvalue weighted by atomic mass is 9.96. The molecule has 2 aromatic carbocycles. The summed E-state index contributed by atoms with van der Waals surface area (Å²) in [5.74, 6) is 0. The molecule has 1 amide bonds. The molecule has 28 heavy (non-hydrogen) atoms. The van der Waals surface area contributed by atoms with Gasteiger partial charge in [-0.25, -0.2) is 4.79 Å². The molecule has 0 radical (unpaired) electrons. The Morgan fingerprint density at radius 3 is 2.46 bits per heavy atom. The number of nitrogens with zero attached hydrogens (tertiary/aromatic N) is 3. The summed E-state index contributed by atoms with van der Waals surface area (Å²) >= 11 is 6.12. The molecular formula is C19H19ClN4O4. The molecule has 1 aliphatic heterocycles. The zero-order chi connectivity index (χ0) is 21.0. The Balaban J connectivity index is 0.00000136. The number of carbonyl (C=O) groups is 1. The van der Waals surface area contributed by atoms with E-state index in [9.17, 15) is 20.0 Å². The smallest absolute Gasteiger partial charge is 0.432 e. The lowest BCUT2D eigenvalue weighted by Crippen LogP contribution is -2.23. The molecule has 1 aliphatic rings. The van der Waals surface area contributed by atoms with E-state index in [1.807, 2.05) is 0 Å². The minimum atomic E-state index is -1.23. The van der Waals surface area contributed by atoms with Gasteiger partial charge in [-0.15, -0.1) is 0 Å². The molecule has 0 atom stereocenters. The predicted octanol–water partition coefficient (Wildman–Crippen LogP) is 4.24. The van der Waals surface area contributed by atoms with Gasteiger partial charge >= 0.3 is 6.09 Å². The third kappa shape index (κ3) is 4.19. The normalized spacial score (nSPS) is 12.7. The largest absolute Gasteiger partial charge is 0.463 e. The molecular weight excluding hydrogens is 384 g/mol. The molecule has 0 unspecified atom stereocenters. The zero-order valence-corrected chi connectivity index (χ0v) is 16.3. The SMILES string of the molecule is CC1=Cc2ccc(Cl)cc2C(c2ccc([N+](=O)[O-])c(C)c2)=NN1C(=O)O.CN. The van der Waals surface area contributed by atoms with Crippen LogP contribution in [0.5, 0.6) is 0 Å². The van der Waals surface area contributed by atoms with E-state index >= 15 is 0 Å². The number of hydrazone groups is 1. The summed E-state index contributed by atoms with van der Waals surface area (Å²) in [5, 5.41) is 26.2. The van der Waals surface area contributed by atoms with Crippen LogP contribution < -0.4 is 5.73 Å². The van der Waals surface area contributed by atoms with Crippen LogP contribution in [0.2, 0.25) is 5.02 Å². The standard InChI is InChI=1S/C18H14ClN3O4.CH5N/c1-10-7-13(4-6-16(10)22(25)26)17-15-9-14(19)5-3-12(15)8-11(2)21(20-17)18(23)24;1-2/h3-9H,1-2H3,(H,23,24);2H2,1H3. The number of amides is 1. The van der Waals surface area contributed by atoms with Crippen molar-refractivity contribution < 1.29 is 14.8 Å². The molecule has 0 aromatic heterocycles. The van der Waals surface area contributed by atoms with Gasteiger partial charge < -0.3 is 10.8 Å². The topological polar surface area (TPSA) is 122 Å². The van der Waals surface area contributed by atoms with Crippen LogP contribution in [0.15, 0.2) is 47.2 Å². The number of hydrogen-bond acceptors (Lipinski definition) is 5. The third-order valence-electron chi connectivity index (χ3n) is 4.02. The Morgan fingerprint density at radius 1 is 1.21 bits per heavy atom. The number of nitrogens with two attached hydrogens (primary N) is 1. The fourth-order valence-corrected chi connectivity index (χ4v) is 2.96. The van der Waals surface area contributed by atoms with Crippen molar-refractivity contribution in [2.45, 2.75) is 13.8 Å². The summed E-state index contributed by atoms with van der Waals surface area (Å²) in [6.07, 6.45) is 0.475. The molecule has 146 valence electrons. The highest BCUT2D eigenvalue weighted by atomic mass is 35.5. The first-order valence-corrected chi connectivity index (χ1v) is 8.59. The summed E-state index contributed by atoms with van der Waals surface area (Å²) < 4.78 is 0. The van der Waals surface area contributed by atoms with E-state index in [-0.39, 0.29) is 5.69 Å². The van der Waals surface area contributed by atoms with Crippen molar-refractivity contribution in [3.8, 4) is 0 Å². The Bertz CT molecular complexity index is 1000. The zero-order valence-electron chi connectivity index (χ0n) is 15.5. The lowest BCUT2D eigenvalue weighted by molar-refractivity contribution is -0.385. The molecule has 3 N–H and O–H groups in total. The average Bonchev–Trinajstić information content (AvgIpc) is 2.79. The maximum absolute atomic E-state index is 11.6. The number of benzene rings is 2. The van der Waals surface area contributed by atoms with Gasteiger partial charge in [0.25, 0.3) is 5.69 Å². The van der Waals surface area contributed by atoms with E-state index in [2.05, 4.69) is 10.8 Å². The number of nitro benzene ring substituents is 1. The van der Waals surface area contributed by atoms with E-state index in [1.54, 1.807) is 50.3 Å². The van der Waals surface area contributed by atoms with E-state index in [1.165, 1.54) is 13.1 Å². The van der Waals surface area contributed by atoms with Gasteiger partial charge in [0, 0.05) is 33.5 Å². The van der Waals surface area contributed by atoms with E-state index in [4.69, 9.17) is 11.6 Å². The maximum atomic E-state index is 11.6. The first-order chi connectivity index (χ1) is 13.3. The monoisotopic (exact) mass is 402 g/mol. The second kappa shape index (κ2) is 8.64. The van der Waals surface area contributed by atoms with E-state index in [0.717, 1.165) is 10.6 Å². The number of aryl methyl sites for hydroxylation is 1. The van der Waals surface area contributed by atoms with Crippen molar-refractivity contribution in [2.75, 3.05) is 7.05 Å². The Morgan fingerprint density at radius 2 is 1.89 bits per heavy atom. The number of hydrogen-bond donors (Lipinski definition) is 2. The van der Waals surface area contributed by atoms with Crippen LogP contribution in [0.3, 0.4) is 0 Å². The fraction of sp³-hybridized carbons (Fsp3) is 0.158. The molecule has 0 spiro atoms. The third-order valence-corrected chi connectivity index (χ3v) is 4.25. The molecule has 0 saturated heterocycles. The van der Waals surface area contributed by atoms with Gasteiger partial charge in [-0.2, -0.15) is 10.1 Å². The summed E-state index contributed by atoms with van der Waals surface area (Å²) in [6, 6.07) is 9.73. The van der Waals surface area contributed by atoms with Crippen LogP contribution in [0.25, 0.3) is 6.08 Å². The van der Waals surface area contributed by atoms with Crippen molar-refractivity contribution in [1.82, 2.24) is 5.01 Å². The second-order valence-electron chi connectivity index (χ2n) is 5.82. The number of rotatable bonds is 2. The summed E-state index contributed by atoms with van der Waals surface area (Å²) in [5.41, 5.74) is 7.70. The highest BCUT2D eigenvalue weighted by Crippen LogP contribution is 2.28. The minimum absolute atomic E-state index is 0.0151. The molecule has 0 saturated carbocycles. The number of carboxylic acid groups (broad SMARTS) is 1. The average molecular weight is 403 g/mol. The molecule has 2 aromatic rings. The first kappa shape index (κ1) is 21.1. The van der Waals surface area contributed by atoms with Crippen molar-refractivity contribution in [3.05, 3.63) is 79.5 Å². The molecule has 0 bridgehead atoms. The second-order valence-corrected chi connectivity index (χ2v) is 6.26. The van der Waals surface area contributed by atoms with Crippen LogP contribution in [0.4, 0.5) is 10.5 Å². The van der Waals surface area contributed by atoms with Gasteiger partial charge in [0.2, 0.25) is 0 Å². The van der Waals surface area contributed by atoms with Crippen LogP contribution in [0.1, 0.15) is 29.2 Å². The molecule has 1 heterocycles. The van der Waals surface area contributed by atoms with Crippen LogP contribution in [-0.2, 0) is 0 Å². The predicted molar refractivity (Wildman–Crippen MR) is 109 cm³/mol. The van der Waals surface area contributed by atoms with Crippen LogP contribution >= 0.6 is 11.6 Å². The van der Waals surface area contributed by atoms with E-state index in [0.29, 0.717) is 33.1 Å². The number of halogens is 1. The quantitative estimate of drug-likeness (QED) is 0.574. The first-order valence-electron chi connectivity index (χ1n) is 8.21. The Hall–Kier alpha value is -3.23. The fourth-order valence-electron chi connectivity index (χ4n) is 2.79. The number of nitro groups is 1. The Labute approximate surface area is 166 Å². The van der Waals surface area contributed by atoms with Gasteiger partial charge in [0.15, 0.2) is 0 Å². The minimum Gasteiger partial charge on any atom is -0.463 e. The van der Waals surface area contributed by atoms with Gasteiger partial charge in [-0.3, -0.25) is 10.1 Å². The van der Waals surface area contributed by atoms with Gasteiger partial charge in [0.05, 0.1) is 10.6 Å². The molecule has 3 rings (SSSR count). The van der Waals surface area contributed by atoms with Crippen molar-refractivity contribution >= 4 is 35.2 Å². The van der Waals surface area contributed by atoms with Gasteiger partial charge in [-0.05, 0) is 56.8 Å². The summed E-state index contributed by atoms with van der Waals surface area (Å²) in [4.78, 5) is 22.2. The highest BCUT2D eigenvalue weighted by Gasteiger charge is 2.23. The molecule has 0 aliphatic carbocycles. The van der Waals surface area contributed by atoms with Crippen molar-refractivity contribution in [2.24, 2.45) is 10.8 Å². The summed E-state index contributed by atoms with van der Waals surface area (Å²) in [6.45, 7) is 3.26. The molecule has 0 fully saturated rings. The Kier molecular flexibility index (Phi) is 6.50. The van der Waals surface area contributed by atoms with Crippen LogP contribution in [0, 0.1) is 17.0 Å². The van der Waals surface area contributed by atoms with Gasteiger partial charge in [0.1, 0.15) is 0 Å². The van der Waals surface area contributed by atoms with E-state index < -0.39 is 11.0 Å². The maximum Gasteiger partial charge on any atom is 0.432 e.